The third-order valence-electron chi connectivity index (χ3n) is 6.02. The van der Waals surface area contributed by atoms with Gasteiger partial charge in [-0.05, 0) is 61.0 Å². The summed E-state index contributed by atoms with van der Waals surface area (Å²) in [4.78, 5) is 27.1. The predicted octanol–water partition coefficient (Wildman–Crippen LogP) is 3.34. The first-order valence-corrected chi connectivity index (χ1v) is 13.2. The van der Waals surface area contributed by atoms with Gasteiger partial charge in [-0.2, -0.15) is 0 Å². The molecule has 39 heavy (non-hydrogen) atoms. The van der Waals surface area contributed by atoms with Crippen LogP contribution in [-0.2, 0) is 26.2 Å². The fourth-order valence-electron chi connectivity index (χ4n) is 3.82. The maximum Gasteiger partial charge on any atom is 0.264 e. The lowest BCUT2D eigenvalue weighted by molar-refractivity contribution is -0.139. The number of benzene rings is 3. The number of anilines is 1. The lowest BCUT2D eigenvalue weighted by Gasteiger charge is -2.31. The summed E-state index contributed by atoms with van der Waals surface area (Å²) >= 11 is 0. The Kier molecular flexibility index (Phi) is 9.47. The standard InChI is InChI=1S/C27H29F2N3O6S/c1-18(27(34)30-2)31(16-19-5-7-20(28)8-6-19)26(33)17-32(22-11-9-21(29)10-12-22)39(35,36)23-13-14-24(37-3)25(15-23)38-4/h5-15,18H,16-17H2,1-4H3,(H,30,34)/t18-/m1/s1. The summed E-state index contributed by atoms with van der Waals surface area (Å²) in [6.07, 6.45) is 0. The average Bonchev–Trinajstić information content (AvgIpc) is 2.94. The smallest absolute Gasteiger partial charge is 0.264 e. The number of amides is 2. The highest BCUT2D eigenvalue weighted by molar-refractivity contribution is 7.92. The number of halogens is 2. The van der Waals surface area contributed by atoms with Crippen LogP contribution in [-0.4, -0.2) is 59.0 Å². The molecule has 12 heteroatoms. The topological polar surface area (TPSA) is 105 Å². The Morgan fingerprint density at radius 2 is 1.46 bits per heavy atom. The van der Waals surface area contributed by atoms with Crippen LogP contribution in [0.4, 0.5) is 14.5 Å². The van der Waals surface area contributed by atoms with Crippen LogP contribution in [0.2, 0.25) is 0 Å². The first-order valence-electron chi connectivity index (χ1n) is 11.8. The number of nitrogens with one attached hydrogen (secondary N) is 1. The Bertz CT molecular complexity index is 1420. The number of carbonyl (C=O) groups excluding carboxylic acids is 2. The van der Waals surface area contributed by atoms with Crippen molar-refractivity contribution in [3.05, 3.63) is 83.9 Å². The highest BCUT2D eigenvalue weighted by atomic mass is 32.2. The summed E-state index contributed by atoms with van der Waals surface area (Å²) in [5, 5.41) is 2.47. The molecule has 1 atom stereocenters. The van der Waals surface area contributed by atoms with Gasteiger partial charge in [0.2, 0.25) is 11.8 Å². The van der Waals surface area contributed by atoms with Gasteiger partial charge in [0.1, 0.15) is 24.2 Å². The second-order valence-corrected chi connectivity index (χ2v) is 10.3. The van der Waals surface area contributed by atoms with E-state index in [1.54, 1.807) is 0 Å². The van der Waals surface area contributed by atoms with Crippen molar-refractivity contribution in [1.82, 2.24) is 10.2 Å². The van der Waals surface area contributed by atoms with Crippen molar-refractivity contribution < 1.29 is 36.3 Å². The molecule has 0 unspecified atom stereocenters. The number of methoxy groups -OCH3 is 2. The van der Waals surface area contributed by atoms with Crippen molar-refractivity contribution in [2.24, 2.45) is 0 Å². The molecule has 0 aliphatic heterocycles. The second-order valence-electron chi connectivity index (χ2n) is 8.44. The van der Waals surface area contributed by atoms with E-state index in [1.807, 2.05) is 0 Å². The van der Waals surface area contributed by atoms with E-state index in [2.05, 4.69) is 5.32 Å². The summed E-state index contributed by atoms with van der Waals surface area (Å²) in [6, 6.07) is 12.9. The van der Waals surface area contributed by atoms with Crippen molar-refractivity contribution >= 4 is 27.5 Å². The van der Waals surface area contributed by atoms with Gasteiger partial charge in [0.05, 0.1) is 24.8 Å². The molecule has 0 aliphatic carbocycles. The highest BCUT2D eigenvalue weighted by Crippen LogP contribution is 2.32. The van der Waals surface area contributed by atoms with Crippen LogP contribution in [0.15, 0.2) is 71.6 Å². The van der Waals surface area contributed by atoms with Gasteiger partial charge in [0, 0.05) is 19.7 Å². The molecule has 0 fully saturated rings. The van der Waals surface area contributed by atoms with Gasteiger partial charge < -0.3 is 19.7 Å². The first kappa shape index (κ1) is 29.4. The van der Waals surface area contributed by atoms with Gasteiger partial charge in [0.15, 0.2) is 11.5 Å². The molecule has 0 saturated carbocycles. The molecule has 2 amide bonds. The molecule has 0 aromatic heterocycles. The first-order chi connectivity index (χ1) is 18.5. The molecule has 3 aromatic carbocycles. The molecule has 0 spiro atoms. The third-order valence-corrected chi connectivity index (χ3v) is 7.79. The van der Waals surface area contributed by atoms with Crippen LogP contribution in [0.1, 0.15) is 12.5 Å². The summed E-state index contributed by atoms with van der Waals surface area (Å²) < 4.78 is 66.1. The van der Waals surface area contributed by atoms with Crippen LogP contribution in [0.3, 0.4) is 0 Å². The molecule has 0 aliphatic rings. The SMILES string of the molecule is CNC(=O)[C@@H](C)N(Cc1ccc(F)cc1)C(=O)CN(c1ccc(F)cc1)S(=O)(=O)c1ccc(OC)c(OC)c1. The van der Waals surface area contributed by atoms with Crippen LogP contribution in [0.25, 0.3) is 0 Å². The van der Waals surface area contributed by atoms with E-state index in [9.17, 15) is 26.8 Å². The molecule has 3 aromatic rings. The summed E-state index contributed by atoms with van der Waals surface area (Å²) in [6.45, 7) is 0.678. The van der Waals surface area contributed by atoms with Crippen LogP contribution >= 0.6 is 0 Å². The number of nitrogens with zero attached hydrogens (tertiary/aromatic N) is 2. The highest BCUT2D eigenvalue weighted by Gasteiger charge is 2.33. The monoisotopic (exact) mass is 561 g/mol. The van der Waals surface area contributed by atoms with Crippen LogP contribution in [0, 0.1) is 11.6 Å². The fourth-order valence-corrected chi connectivity index (χ4v) is 5.25. The van der Waals surface area contributed by atoms with E-state index in [1.165, 1.54) is 87.7 Å². The molecular weight excluding hydrogens is 532 g/mol. The minimum atomic E-state index is -4.41. The number of ether oxygens (including phenoxy) is 2. The maximum atomic E-state index is 13.8. The molecule has 0 bridgehead atoms. The van der Waals surface area contributed by atoms with Gasteiger partial charge in [-0.25, -0.2) is 17.2 Å². The molecule has 9 nitrogen and oxygen atoms in total. The Morgan fingerprint density at radius 3 is 2.00 bits per heavy atom. The van der Waals surface area contributed by atoms with Crippen molar-refractivity contribution in [3.63, 3.8) is 0 Å². The number of hydrogen-bond acceptors (Lipinski definition) is 6. The lowest BCUT2D eigenvalue weighted by atomic mass is 10.1. The van der Waals surface area contributed by atoms with Crippen molar-refractivity contribution in [2.75, 3.05) is 32.1 Å². The molecule has 3 rings (SSSR count). The third kappa shape index (κ3) is 6.82. The minimum absolute atomic E-state index is 0.0221. The van der Waals surface area contributed by atoms with Gasteiger partial charge in [-0.3, -0.25) is 13.9 Å². The zero-order valence-corrected chi connectivity index (χ0v) is 22.7. The number of sulfonamides is 1. The van der Waals surface area contributed by atoms with Crippen LogP contribution < -0.4 is 19.1 Å². The van der Waals surface area contributed by atoms with Gasteiger partial charge >= 0.3 is 0 Å². The molecular formula is C27H29F2N3O6S. The van der Waals surface area contributed by atoms with E-state index in [4.69, 9.17) is 9.47 Å². The molecule has 208 valence electrons. The normalized spacial score (nSPS) is 11.8. The molecule has 1 N–H and O–H groups in total. The van der Waals surface area contributed by atoms with Crippen LogP contribution in [0.5, 0.6) is 11.5 Å². The second kappa shape index (κ2) is 12.6. The zero-order chi connectivity index (χ0) is 28.7. The van der Waals surface area contributed by atoms with Crippen molar-refractivity contribution in [3.8, 4) is 11.5 Å². The Labute approximate surface area is 226 Å². The quantitative estimate of drug-likeness (QED) is 0.385. The number of likely N-dealkylation sites (N-methyl/N-ethyl adjacent to an activating group) is 1. The maximum absolute atomic E-state index is 13.8. The van der Waals surface area contributed by atoms with E-state index in [0.29, 0.717) is 11.3 Å². The number of rotatable bonds is 11. The lowest BCUT2D eigenvalue weighted by Crippen LogP contribution is -2.50. The molecule has 0 saturated heterocycles. The summed E-state index contributed by atoms with van der Waals surface area (Å²) in [7, 11) is -0.245. The van der Waals surface area contributed by atoms with E-state index in [0.717, 1.165) is 16.4 Å². The minimum Gasteiger partial charge on any atom is -0.493 e. The number of carbonyl (C=O) groups is 2. The van der Waals surface area contributed by atoms with Gasteiger partial charge in [-0.1, -0.05) is 12.1 Å². The largest absolute Gasteiger partial charge is 0.493 e. The Hall–Kier alpha value is -4.19. The van der Waals surface area contributed by atoms with Gasteiger partial charge in [0.25, 0.3) is 10.0 Å². The fraction of sp³-hybridized carbons (Fsp3) is 0.259. The van der Waals surface area contributed by atoms with E-state index < -0.39 is 46.1 Å². The summed E-state index contributed by atoms with van der Waals surface area (Å²) in [5.41, 5.74) is 0.547. The van der Waals surface area contributed by atoms with Crippen molar-refractivity contribution in [2.45, 2.75) is 24.4 Å². The van der Waals surface area contributed by atoms with E-state index >= 15 is 0 Å². The zero-order valence-electron chi connectivity index (χ0n) is 21.9. The van der Waals surface area contributed by atoms with Crippen molar-refractivity contribution in [1.29, 1.82) is 0 Å². The Balaban J connectivity index is 2.06. The van der Waals surface area contributed by atoms with E-state index in [-0.39, 0.29) is 22.9 Å². The predicted molar refractivity (Wildman–Crippen MR) is 141 cm³/mol. The van der Waals surface area contributed by atoms with Gasteiger partial charge in [-0.15, -0.1) is 0 Å². The summed E-state index contributed by atoms with van der Waals surface area (Å²) in [5.74, 6) is -1.83. The Morgan fingerprint density at radius 1 is 0.897 bits per heavy atom. The molecule has 0 radical (unpaired) electrons. The average molecular weight is 562 g/mol. The molecule has 0 heterocycles. The number of hydrogen-bond donors (Lipinski definition) is 1.